The maximum atomic E-state index is 11.7. The van der Waals surface area contributed by atoms with Crippen molar-refractivity contribution in [1.29, 1.82) is 0 Å². The van der Waals surface area contributed by atoms with E-state index in [1.165, 1.54) is 43.9 Å². The Hall–Kier alpha value is -4.01. The molecule has 0 unspecified atom stereocenters. The molecule has 6 aromatic rings. The number of rotatable bonds is 12. The Morgan fingerprint density at radius 1 is 0.677 bits per heavy atom. The molecule has 1 radical (unpaired) electrons. The maximum absolute atomic E-state index is 11.7. The van der Waals surface area contributed by atoms with Gasteiger partial charge in [-0.05, 0) is 76.7 Å². The van der Waals surface area contributed by atoms with Gasteiger partial charge in [0.1, 0.15) is 0 Å². The summed E-state index contributed by atoms with van der Waals surface area (Å²) in [5, 5.41) is 17.4. The molecule has 0 saturated heterocycles. The fraction of sp³-hybridized carbons (Fsp3) is 0.400. The van der Waals surface area contributed by atoms with E-state index in [1.54, 1.807) is 0 Å². The number of benzene rings is 4. The molecule has 1 N–H and O–H groups in total. The summed E-state index contributed by atoms with van der Waals surface area (Å²) in [7, 11) is -2.68. The van der Waals surface area contributed by atoms with Crippen LogP contribution < -0.4 is 10.4 Å². The van der Waals surface area contributed by atoms with Gasteiger partial charge in [-0.2, -0.15) is 0 Å². The second kappa shape index (κ2) is 23.1. The number of pyridine rings is 2. The van der Waals surface area contributed by atoms with Crippen molar-refractivity contribution in [2.75, 3.05) is 0 Å². The smallest absolute Gasteiger partial charge is 0.162 e. The van der Waals surface area contributed by atoms with E-state index in [1.807, 2.05) is 46.9 Å². The Morgan fingerprint density at radius 2 is 1.16 bits per heavy atom. The molecule has 333 valence electrons. The van der Waals surface area contributed by atoms with Crippen LogP contribution in [-0.2, 0) is 24.9 Å². The normalized spacial score (nSPS) is 12.2. The van der Waals surface area contributed by atoms with E-state index >= 15 is 0 Å². The summed E-state index contributed by atoms with van der Waals surface area (Å²) in [6.45, 7) is 33.0. The summed E-state index contributed by atoms with van der Waals surface area (Å²) in [6.07, 6.45) is 7.15. The number of carbonyl (C=O) groups is 1. The summed E-state index contributed by atoms with van der Waals surface area (Å²) >= 11 is 0. The molecule has 2 heterocycles. The topological polar surface area (TPSA) is 63.1 Å². The summed E-state index contributed by atoms with van der Waals surface area (Å²) in [6, 6.07) is 33.1. The van der Waals surface area contributed by atoms with Gasteiger partial charge in [0.05, 0.1) is 23.3 Å². The van der Waals surface area contributed by atoms with Crippen LogP contribution >= 0.6 is 0 Å². The summed E-state index contributed by atoms with van der Waals surface area (Å²) in [5.74, 6) is 1.05. The molecule has 2 aromatic heterocycles. The molecule has 4 aromatic carbocycles. The van der Waals surface area contributed by atoms with E-state index in [0.717, 1.165) is 64.5 Å². The summed E-state index contributed by atoms with van der Waals surface area (Å²) < 4.78 is 8.09. The Bertz CT molecular complexity index is 2490. The molecule has 0 aliphatic carbocycles. The van der Waals surface area contributed by atoms with Crippen LogP contribution in [0.5, 0.6) is 0 Å². The van der Waals surface area contributed by atoms with Gasteiger partial charge in [0.2, 0.25) is 0 Å². The average Bonchev–Trinajstić information content (AvgIpc) is 3.20. The first-order valence-corrected chi connectivity index (χ1v) is 29.4. The molecule has 6 rings (SSSR count). The van der Waals surface area contributed by atoms with Gasteiger partial charge in [-0.15, -0.1) is 69.8 Å². The molecule has 0 bridgehead atoms. The third-order valence-corrected chi connectivity index (χ3v) is 15.7. The van der Waals surface area contributed by atoms with Crippen LogP contribution in [0.15, 0.2) is 97.0 Å². The molecule has 0 spiro atoms. The number of hydrogen-bond donors (Lipinski definition) is 1. The van der Waals surface area contributed by atoms with Crippen molar-refractivity contribution in [3.8, 4) is 22.5 Å². The zero-order valence-electron chi connectivity index (χ0n) is 41.2. The number of aliphatic hydroxyl groups is 1. The van der Waals surface area contributed by atoms with Crippen LogP contribution in [-0.4, -0.2) is 37.0 Å². The molecular formula is C55H72IrN2O2Si2-2. The van der Waals surface area contributed by atoms with Gasteiger partial charge >= 0.3 is 0 Å². The molecule has 7 heteroatoms. The van der Waals surface area contributed by atoms with Crippen molar-refractivity contribution in [3.63, 3.8) is 0 Å². The van der Waals surface area contributed by atoms with Gasteiger partial charge in [0.15, 0.2) is 5.78 Å². The zero-order valence-corrected chi connectivity index (χ0v) is 44.6. The minimum atomic E-state index is -1.37. The second-order valence-corrected chi connectivity index (χ2v) is 29.2. The van der Waals surface area contributed by atoms with Crippen molar-refractivity contribution in [1.82, 2.24) is 9.97 Å². The van der Waals surface area contributed by atoms with Crippen LogP contribution in [0, 0.1) is 44.7 Å². The standard InChI is InChI=1S/C22H26NSi.C20H22NSi.C13H24O2.Ir/c1-15(2)18-11-16(3)12-19(13-18)22-21-8-7-20(24(4,5)6)14-17(21)9-10-23-22;1-14-10-15(2)12-17(11-14)20-19-7-6-18(22(3,4)5)13-16(19)8-9-21-20;1-5-10(6-2)12(14)9-13(15)11(7-3)8-4;/h7-11,13-15H,1-6H3;6-11,13H,1-5H3;9-11,14H,5-8H2,1-4H3;/q2*-1;;/b;;12-9-;/i;9D;;. The molecule has 4 nitrogen and oxygen atoms in total. The van der Waals surface area contributed by atoms with Crippen molar-refractivity contribution >= 4 is 53.8 Å². The quantitative estimate of drug-likeness (QED) is 0.0574. The van der Waals surface area contributed by atoms with Crippen molar-refractivity contribution in [2.45, 2.75) is 133 Å². The monoisotopic (exact) mass is 1040 g/mol. The van der Waals surface area contributed by atoms with Gasteiger partial charge in [-0.25, -0.2) is 0 Å². The molecule has 0 fully saturated rings. The van der Waals surface area contributed by atoms with Crippen LogP contribution in [0.3, 0.4) is 0 Å². The van der Waals surface area contributed by atoms with Crippen LogP contribution in [0.2, 0.25) is 39.3 Å². The molecule has 0 aliphatic heterocycles. The predicted octanol–water partition coefficient (Wildman–Crippen LogP) is 14.4. The van der Waals surface area contributed by atoms with Crippen molar-refractivity contribution in [3.05, 3.63) is 131 Å². The third kappa shape index (κ3) is 14.0. The fourth-order valence-corrected chi connectivity index (χ4v) is 10.0. The van der Waals surface area contributed by atoms with Gasteiger partial charge in [-0.1, -0.05) is 148 Å². The number of aliphatic hydroxyl groups excluding tert-OH is 1. The van der Waals surface area contributed by atoms with E-state index in [9.17, 15) is 9.90 Å². The summed E-state index contributed by atoms with van der Waals surface area (Å²) in [5.41, 5.74) is 8.80. The largest absolute Gasteiger partial charge is 0.512 e. The van der Waals surface area contributed by atoms with Crippen LogP contribution in [0.4, 0.5) is 0 Å². The first-order valence-electron chi connectivity index (χ1n) is 22.9. The fourth-order valence-electron chi connectivity index (χ4n) is 7.66. The minimum Gasteiger partial charge on any atom is -0.512 e. The third-order valence-electron chi connectivity index (χ3n) is 11.6. The maximum Gasteiger partial charge on any atom is 0.162 e. The Balaban J connectivity index is 0.000000257. The van der Waals surface area contributed by atoms with Gasteiger partial charge < -0.3 is 15.1 Å². The van der Waals surface area contributed by atoms with Crippen LogP contribution in [0.1, 0.15) is 96.8 Å². The van der Waals surface area contributed by atoms with Crippen molar-refractivity contribution < 1.29 is 31.4 Å². The van der Waals surface area contributed by atoms with E-state index < -0.39 is 16.1 Å². The van der Waals surface area contributed by atoms with E-state index in [-0.39, 0.29) is 43.5 Å². The number of aromatic nitrogens is 2. The number of nitrogens with zero attached hydrogens (tertiary/aromatic N) is 2. The second-order valence-electron chi connectivity index (χ2n) is 19.0. The number of ketones is 1. The molecule has 0 saturated carbocycles. The molecule has 62 heavy (non-hydrogen) atoms. The Labute approximate surface area is 391 Å². The number of hydrogen-bond acceptors (Lipinski definition) is 4. The minimum absolute atomic E-state index is 0. The first-order chi connectivity index (χ1) is 29.1. The van der Waals surface area contributed by atoms with Gasteiger partial charge in [-0.3, -0.25) is 4.79 Å². The molecular weight excluding hydrogens is 969 g/mol. The number of allylic oxidation sites excluding steroid dienone is 2. The Morgan fingerprint density at radius 3 is 1.65 bits per heavy atom. The van der Waals surface area contributed by atoms with E-state index in [0.29, 0.717) is 12.1 Å². The summed E-state index contributed by atoms with van der Waals surface area (Å²) in [4.78, 5) is 20.9. The Kier molecular flexibility index (Phi) is 18.8. The van der Waals surface area contributed by atoms with E-state index in [2.05, 4.69) is 151 Å². The van der Waals surface area contributed by atoms with Crippen LogP contribution in [0.25, 0.3) is 44.1 Å². The number of carbonyl (C=O) groups excluding carboxylic acids is 1. The SMILES string of the molecule is CCC(CC)C(=O)/C=C(\O)C(CC)CC.Cc1[c-]c(-c2nccc3cc([Si](C)(C)C)ccc23)cc(C(C)C)c1.[2H]c1cc2cc([Si](C)(C)C)ccc2c(-c2[c-]c(C)cc(C)c2)n1.[Ir]. The predicted molar refractivity (Wildman–Crippen MR) is 270 cm³/mol. The molecule has 0 atom stereocenters. The number of fused-ring (bicyclic) bond motifs is 2. The van der Waals surface area contributed by atoms with Crippen molar-refractivity contribution in [2.24, 2.45) is 11.8 Å². The average molecular weight is 1040 g/mol. The van der Waals surface area contributed by atoms with Gasteiger partial charge in [0.25, 0.3) is 0 Å². The van der Waals surface area contributed by atoms with E-state index in [4.69, 9.17) is 6.35 Å². The number of aryl methyl sites for hydroxylation is 3. The van der Waals surface area contributed by atoms with Gasteiger partial charge in [0, 0.05) is 50.4 Å². The first kappa shape index (κ1) is 50.6. The molecule has 0 amide bonds. The zero-order chi connectivity index (χ0) is 46.1. The molecule has 0 aliphatic rings.